The van der Waals surface area contributed by atoms with Gasteiger partial charge in [0.25, 0.3) is 0 Å². The molecule has 2 heteroatoms. The van der Waals surface area contributed by atoms with Crippen molar-refractivity contribution in [2.45, 2.75) is 0 Å². The molecule has 0 bridgehead atoms. The molecule has 1 saturated heterocycles. The van der Waals surface area contributed by atoms with Crippen LogP contribution in [0.1, 0.15) is 0 Å². The molecule has 0 nitrogen and oxygen atoms in total. The summed E-state index contributed by atoms with van der Waals surface area (Å²) in [6, 6.07) is 0. The second-order valence-corrected chi connectivity index (χ2v) is 12.9. The Hall–Kier alpha value is 1.46. The fraction of sp³-hybridized carbons (Fsp3) is 1.00. The van der Waals surface area contributed by atoms with E-state index in [-0.39, 0.29) is 15.8 Å². The van der Waals surface area contributed by atoms with Crippen LogP contribution in [0, 0.1) is 0 Å². The average molecular weight is 282 g/mol. The zero-order valence-electron chi connectivity index (χ0n) is 2.17. The summed E-state index contributed by atoms with van der Waals surface area (Å²) in [6.45, 7) is 0. The van der Waals surface area contributed by atoms with Crippen LogP contribution in [0.2, 0.25) is 0 Å². The van der Waals surface area contributed by atoms with E-state index < -0.39 is 0 Å². The number of alkyl halides is 2. The molecule has 0 aromatic carbocycles. The van der Waals surface area contributed by atoms with E-state index >= 15 is 0 Å². The molecule has 0 amide bonds. The Labute approximate surface area is 42.9 Å². The molecule has 1 rings (SSSR count). The van der Waals surface area contributed by atoms with Crippen LogP contribution in [0.3, 0.4) is 0 Å². The molecule has 26 valence electrons. The summed E-state index contributed by atoms with van der Waals surface area (Å²) in [5.41, 5.74) is 0. The van der Waals surface area contributed by atoms with E-state index in [0.717, 1.165) is 0 Å². The van der Waals surface area contributed by atoms with Crippen molar-refractivity contribution in [3.05, 3.63) is 0 Å². The molecule has 1 aliphatic heterocycles. The first-order valence-corrected chi connectivity index (χ1v) is 10.5. The molecule has 0 atom stereocenters. The molecule has 0 aliphatic carbocycles. The first kappa shape index (κ1) is 3.64. The Kier molecular flexibility index (Phi) is 1.17. The zero-order chi connectivity index (χ0) is 2.99. The van der Waals surface area contributed by atoms with Crippen molar-refractivity contribution in [1.29, 1.82) is 0 Å². The second-order valence-electron chi connectivity index (χ2n) is 0.769. The van der Waals surface area contributed by atoms with Gasteiger partial charge >= 0.3 is 43.3 Å². The fourth-order valence-corrected chi connectivity index (χ4v) is 8.15. The molecule has 0 aromatic rings. The summed E-state index contributed by atoms with van der Waals surface area (Å²) in [6.07, 6.45) is 0. The molecule has 4 heavy (non-hydrogen) atoms. The Balaban J connectivity index is 2.17. The van der Waals surface area contributed by atoms with Crippen molar-refractivity contribution in [3.8, 4) is 0 Å². The van der Waals surface area contributed by atoms with Gasteiger partial charge in [0.1, 0.15) is 0 Å². The van der Waals surface area contributed by atoms with Crippen molar-refractivity contribution in [2.24, 2.45) is 0 Å². The maximum atomic E-state index is 2.61. The molecule has 0 N–H and O–H groups in total. The summed E-state index contributed by atoms with van der Waals surface area (Å²) in [4.78, 5) is 0. The molecule has 0 unspecified atom stereocenters. The quantitative estimate of drug-likeness (QED) is 0.470. The minimum atomic E-state index is -0.0433. The van der Waals surface area contributed by atoms with Crippen LogP contribution >= 0.6 is 34.5 Å². The van der Waals surface area contributed by atoms with E-state index in [4.69, 9.17) is 0 Å². The third-order valence-corrected chi connectivity index (χ3v) is 7.70. The molecular weight excluding hydrogens is 278 g/mol. The third-order valence-electron chi connectivity index (χ3n) is 0.332. The van der Waals surface area contributed by atoms with Crippen LogP contribution in [0.25, 0.3) is 0 Å². The van der Waals surface area contributed by atoms with Gasteiger partial charge in [0.15, 0.2) is 0 Å². The Morgan fingerprint density at radius 2 is 1.75 bits per heavy atom. The van der Waals surface area contributed by atoms with Gasteiger partial charge in [-0.1, -0.05) is 0 Å². The summed E-state index contributed by atoms with van der Waals surface area (Å²) < 4.78 is 3.26. The predicted molar refractivity (Wildman–Crippen MR) is 37.8 cm³/mol. The Morgan fingerprint density at radius 3 is 1.75 bits per heavy atom. The SMILES string of the molecule is II1CC1. The maximum absolute atomic E-state index is 2.61. The first-order valence-electron chi connectivity index (χ1n) is 1.18. The molecule has 1 heterocycles. The molecule has 0 spiro atoms. The van der Waals surface area contributed by atoms with Gasteiger partial charge in [-0.2, -0.15) is 0 Å². The minimum absolute atomic E-state index is 0.0433. The van der Waals surface area contributed by atoms with Crippen molar-refractivity contribution >= 4 is 34.5 Å². The summed E-state index contributed by atoms with van der Waals surface area (Å²) in [5, 5.41) is 0. The monoisotopic (exact) mass is 282 g/mol. The molecular formula is C2H4I2. The van der Waals surface area contributed by atoms with E-state index in [9.17, 15) is 0 Å². The normalized spacial score (nSPS) is 30.8. The standard InChI is InChI=1S/C2H4I2/c3-4-1-2-4/h1-2H2. The van der Waals surface area contributed by atoms with Crippen molar-refractivity contribution in [2.75, 3.05) is 8.86 Å². The van der Waals surface area contributed by atoms with E-state index in [1.807, 2.05) is 0 Å². The number of hydrogen-bond acceptors (Lipinski definition) is 0. The van der Waals surface area contributed by atoms with E-state index in [2.05, 4.69) is 18.6 Å². The van der Waals surface area contributed by atoms with E-state index in [1.165, 1.54) is 0 Å². The van der Waals surface area contributed by atoms with Crippen LogP contribution < -0.4 is 0 Å². The van der Waals surface area contributed by atoms with Crippen molar-refractivity contribution in [1.82, 2.24) is 0 Å². The van der Waals surface area contributed by atoms with Gasteiger partial charge in [0.2, 0.25) is 0 Å². The van der Waals surface area contributed by atoms with Gasteiger partial charge in [-0.05, 0) is 0 Å². The predicted octanol–water partition coefficient (Wildman–Crippen LogP) is 1.86. The van der Waals surface area contributed by atoms with Crippen molar-refractivity contribution < 1.29 is 0 Å². The molecule has 0 saturated carbocycles. The Bertz CT molecular complexity index is 23.2. The molecule has 0 radical (unpaired) electrons. The second kappa shape index (κ2) is 1.28. The van der Waals surface area contributed by atoms with Crippen molar-refractivity contribution in [3.63, 3.8) is 0 Å². The van der Waals surface area contributed by atoms with Gasteiger partial charge in [-0.3, -0.25) is 0 Å². The third kappa shape index (κ3) is 1.05. The van der Waals surface area contributed by atoms with Crippen LogP contribution in [-0.4, -0.2) is 8.86 Å². The molecule has 1 aliphatic rings. The number of rotatable bonds is 0. The van der Waals surface area contributed by atoms with Gasteiger partial charge in [0, 0.05) is 0 Å². The van der Waals surface area contributed by atoms with Gasteiger partial charge < -0.3 is 0 Å². The summed E-state index contributed by atoms with van der Waals surface area (Å²) >= 11 is 2.57. The van der Waals surface area contributed by atoms with Gasteiger partial charge in [-0.15, -0.1) is 0 Å². The van der Waals surface area contributed by atoms with Gasteiger partial charge in [0.05, 0.1) is 0 Å². The van der Waals surface area contributed by atoms with Gasteiger partial charge in [-0.25, -0.2) is 0 Å². The summed E-state index contributed by atoms with van der Waals surface area (Å²) in [7, 11) is 0. The number of hydrogen-bond donors (Lipinski definition) is 0. The average Bonchev–Trinajstić information content (AvgIpc) is 1.75. The first-order chi connectivity index (χ1) is 1.89. The van der Waals surface area contributed by atoms with Crippen LogP contribution in [0.5, 0.6) is 0 Å². The zero-order valence-corrected chi connectivity index (χ0v) is 6.49. The molecule has 0 aromatic heterocycles. The van der Waals surface area contributed by atoms with E-state index in [0.29, 0.717) is 0 Å². The Morgan fingerprint density at radius 1 is 1.50 bits per heavy atom. The van der Waals surface area contributed by atoms with E-state index in [1.54, 1.807) is 8.86 Å². The fourth-order valence-electron chi connectivity index (χ4n) is 0.0270. The van der Waals surface area contributed by atoms with Crippen LogP contribution in [0.4, 0.5) is 0 Å². The van der Waals surface area contributed by atoms with Crippen LogP contribution in [-0.2, 0) is 0 Å². The topological polar surface area (TPSA) is 0 Å². The summed E-state index contributed by atoms with van der Waals surface area (Å²) in [5.74, 6) is 0. The van der Waals surface area contributed by atoms with Crippen LogP contribution in [0.15, 0.2) is 0 Å². The number of halogens is 2. The molecule has 1 fully saturated rings.